The number of thiophene rings is 1. The van der Waals surface area contributed by atoms with Crippen LogP contribution in [-0.4, -0.2) is 17.0 Å². The van der Waals surface area contributed by atoms with Gasteiger partial charge in [0.2, 0.25) is 0 Å². The monoisotopic (exact) mass is 219 g/mol. The summed E-state index contributed by atoms with van der Waals surface area (Å²) >= 11 is 1.75. The average Bonchev–Trinajstić information content (AvgIpc) is 2.68. The lowest BCUT2D eigenvalue weighted by atomic mass is 10.1. The summed E-state index contributed by atoms with van der Waals surface area (Å²) in [7, 11) is 1.92. The maximum absolute atomic E-state index is 4.27. The second-order valence-electron chi connectivity index (χ2n) is 3.32. The van der Waals surface area contributed by atoms with E-state index in [4.69, 9.17) is 0 Å². The Bertz CT molecular complexity index is 424. The second kappa shape index (κ2) is 4.51. The van der Waals surface area contributed by atoms with Gasteiger partial charge in [0, 0.05) is 17.3 Å². The van der Waals surface area contributed by atoms with Crippen molar-refractivity contribution in [2.24, 2.45) is 0 Å². The summed E-state index contributed by atoms with van der Waals surface area (Å²) in [5, 5.41) is 5.38. The molecule has 0 bridgehead atoms. The molecule has 0 fully saturated rings. The van der Waals surface area contributed by atoms with E-state index in [1.807, 2.05) is 13.1 Å². The van der Waals surface area contributed by atoms with Crippen molar-refractivity contribution < 1.29 is 0 Å². The molecule has 2 aromatic rings. The van der Waals surface area contributed by atoms with Crippen LogP contribution in [0, 0.1) is 6.92 Å². The highest BCUT2D eigenvalue weighted by molar-refractivity contribution is 7.10. The first kappa shape index (κ1) is 10.3. The Morgan fingerprint density at radius 3 is 2.60 bits per heavy atom. The molecule has 3 nitrogen and oxygen atoms in total. The molecule has 78 valence electrons. The quantitative estimate of drug-likeness (QED) is 0.859. The Labute approximate surface area is 93.2 Å². The molecular formula is C11H13N3S. The Kier molecular flexibility index (Phi) is 3.08. The number of rotatable bonds is 3. The number of aromatic nitrogens is 2. The lowest BCUT2D eigenvalue weighted by molar-refractivity contribution is 0.648. The minimum absolute atomic E-state index is 0.0937. The van der Waals surface area contributed by atoms with E-state index in [0.717, 1.165) is 5.82 Å². The molecule has 1 unspecified atom stereocenters. The molecular weight excluding hydrogens is 206 g/mol. The molecule has 0 aromatic carbocycles. The minimum atomic E-state index is 0.0937. The van der Waals surface area contributed by atoms with Crippen molar-refractivity contribution in [1.29, 1.82) is 0 Å². The lowest BCUT2D eigenvalue weighted by Gasteiger charge is -2.12. The molecule has 1 atom stereocenters. The summed E-state index contributed by atoms with van der Waals surface area (Å²) < 4.78 is 0. The SMILES string of the molecule is CNC(c1csc(C)c1)c1ncccn1. The fourth-order valence-electron chi connectivity index (χ4n) is 1.52. The molecule has 0 saturated carbocycles. The van der Waals surface area contributed by atoms with E-state index in [1.165, 1.54) is 10.4 Å². The molecule has 0 aliphatic rings. The smallest absolute Gasteiger partial charge is 0.149 e. The standard InChI is InChI=1S/C11H13N3S/c1-8-6-9(7-15-8)10(12-2)11-13-4-3-5-14-11/h3-7,10,12H,1-2H3. The van der Waals surface area contributed by atoms with Crippen LogP contribution in [0.2, 0.25) is 0 Å². The number of nitrogens with zero attached hydrogens (tertiary/aromatic N) is 2. The first-order valence-electron chi connectivity index (χ1n) is 4.80. The molecule has 0 aliphatic heterocycles. The molecule has 2 heterocycles. The lowest BCUT2D eigenvalue weighted by Crippen LogP contribution is -2.19. The van der Waals surface area contributed by atoms with Crippen LogP contribution < -0.4 is 5.32 Å². The highest BCUT2D eigenvalue weighted by atomic mass is 32.1. The summed E-state index contributed by atoms with van der Waals surface area (Å²) in [6.45, 7) is 2.10. The van der Waals surface area contributed by atoms with Gasteiger partial charge in [0.15, 0.2) is 0 Å². The predicted molar refractivity (Wildman–Crippen MR) is 62.0 cm³/mol. The van der Waals surface area contributed by atoms with Crippen LogP contribution >= 0.6 is 11.3 Å². The van der Waals surface area contributed by atoms with Crippen LogP contribution in [0.3, 0.4) is 0 Å². The summed E-state index contributed by atoms with van der Waals surface area (Å²) in [5.41, 5.74) is 1.23. The third-order valence-corrected chi connectivity index (χ3v) is 3.10. The Morgan fingerprint density at radius 2 is 2.07 bits per heavy atom. The van der Waals surface area contributed by atoms with Gasteiger partial charge in [-0.2, -0.15) is 0 Å². The van der Waals surface area contributed by atoms with Crippen LogP contribution in [0.5, 0.6) is 0 Å². The maximum Gasteiger partial charge on any atom is 0.149 e. The minimum Gasteiger partial charge on any atom is -0.307 e. The Balaban J connectivity index is 2.33. The van der Waals surface area contributed by atoms with Crippen molar-refractivity contribution in [3.8, 4) is 0 Å². The van der Waals surface area contributed by atoms with Gasteiger partial charge in [0.05, 0.1) is 6.04 Å². The molecule has 0 aliphatic carbocycles. The van der Waals surface area contributed by atoms with E-state index >= 15 is 0 Å². The summed E-state index contributed by atoms with van der Waals surface area (Å²) in [6.07, 6.45) is 3.54. The van der Waals surface area contributed by atoms with Gasteiger partial charge in [-0.05, 0) is 37.0 Å². The zero-order valence-corrected chi connectivity index (χ0v) is 9.58. The normalized spacial score (nSPS) is 12.7. The van der Waals surface area contributed by atoms with Crippen molar-refractivity contribution in [3.63, 3.8) is 0 Å². The van der Waals surface area contributed by atoms with Crippen molar-refractivity contribution in [1.82, 2.24) is 15.3 Å². The maximum atomic E-state index is 4.27. The van der Waals surface area contributed by atoms with Gasteiger partial charge in [-0.15, -0.1) is 11.3 Å². The predicted octanol–water partition coefficient (Wildman–Crippen LogP) is 2.16. The van der Waals surface area contributed by atoms with Crippen molar-refractivity contribution in [2.75, 3.05) is 7.05 Å². The first-order valence-corrected chi connectivity index (χ1v) is 5.68. The van der Waals surface area contributed by atoms with Crippen molar-refractivity contribution in [2.45, 2.75) is 13.0 Å². The van der Waals surface area contributed by atoms with Crippen molar-refractivity contribution in [3.05, 3.63) is 46.2 Å². The van der Waals surface area contributed by atoms with Crippen LogP contribution in [0.15, 0.2) is 29.9 Å². The van der Waals surface area contributed by atoms with E-state index in [9.17, 15) is 0 Å². The van der Waals surface area contributed by atoms with Gasteiger partial charge < -0.3 is 5.32 Å². The number of aryl methyl sites for hydroxylation is 1. The van der Waals surface area contributed by atoms with Gasteiger partial charge in [-0.25, -0.2) is 9.97 Å². The van der Waals surface area contributed by atoms with Gasteiger partial charge in [0.25, 0.3) is 0 Å². The molecule has 2 aromatic heterocycles. The van der Waals surface area contributed by atoms with E-state index in [-0.39, 0.29) is 6.04 Å². The Hall–Kier alpha value is -1.26. The number of nitrogens with one attached hydrogen (secondary N) is 1. The molecule has 1 N–H and O–H groups in total. The molecule has 15 heavy (non-hydrogen) atoms. The summed E-state index contributed by atoms with van der Waals surface area (Å²) in [6, 6.07) is 4.09. The Morgan fingerprint density at radius 1 is 1.33 bits per heavy atom. The molecule has 2 rings (SSSR count). The largest absolute Gasteiger partial charge is 0.307 e. The van der Waals surface area contributed by atoms with Gasteiger partial charge >= 0.3 is 0 Å². The van der Waals surface area contributed by atoms with Gasteiger partial charge in [0.1, 0.15) is 5.82 Å². The third kappa shape index (κ3) is 2.22. The number of hydrogen-bond donors (Lipinski definition) is 1. The fourth-order valence-corrected chi connectivity index (χ4v) is 2.25. The molecule has 0 amide bonds. The van der Waals surface area contributed by atoms with E-state index in [2.05, 4.69) is 33.7 Å². The van der Waals surface area contributed by atoms with E-state index in [1.54, 1.807) is 23.7 Å². The summed E-state index contributed by atoms with van der Waals surface area (Å²) in [5.74, 6) is 0.817. The second-order valence-corrected chi connectivity index (χ2v) is 4.43. The topological polar surface area (TPSA) is 37.8 Å². The zero-order chi connectivity index (χ0) is 10.7. The van der Waals surface area contributed by atoms with Gasteiger partial charge in [-0.1, -0.05) is 0 Å². The van der Waals surface area contributed by atoms with Crippen LogP contribution in [-0.2, 0) is 0 Å². The third-order valence-electron chi connectivity index (χ3n) is 2.22. The van der Waals surface area contributed by atoms with E-state index in [0.29, 0.717) is 0 Å². The van der Waals surface area contributed by atoms with Crippen LogP contribution in [0.1, 0.15) is 22.3 Å². The van der Waals surface area contributed by atoms with Crippen LogP contribution in [0.4, 0.5) is 0 Å². The number of hydrogen-bond acceptors (Lipinski definition) is 4. The molecule has 0 radical (unpaired) electrons. The van der Waals surface area contributed by atoms with Crippen molar-refractivity contribution >= 4 is 11.3 Å². The highest BCUT2D eigenvalue weighted by Crippen LogP contribution is 2.23. The first-order chi connectivity index (χ1) is 7.31. The average molecular weight is 219 g/mol. The van der Waals surface area contributed by atoms with Gasteiger partial charge in [-0.3, -0.25) is 0 Å². The van der Waals surface area contributed by atoms with E-state index < -0.39 is 0 Å². The fraction of sp³-hybridized carbons (Fsp3) is 0.273. The molecule has 0 spiro atoms. The van der Waals surface area contributed by atoms with Crippen LogP contribution in [0.25, 0.3) is 0 Å². The highest BCUT2D eigenvalue weighted by Gasteiger charge is 2.15. The summed E-state index contributed by atoms with van der Waals surface area (Å²) in [4.78, 5) is 9.84. The molecule has 0 saturated heterocycles. The zero-order valence-electron chi connectivity index (χ0n) is 8.77. The molecule has 4 heteroatoms.